The second kappa shape index (κ2) is 3.32. The van der Waals surface area contributed by atoms with Crippen LogP contribution in [0.5, 0.6) is 0 Å². The molecule has 4 nitrogen and oxygen atoms in total. The minimum absolute atomic E-state index is 0.179. The summed E-state index contributed by atoms with van der Waals surface area (Å²) in [6.45, 7) is 1.78. The van der Waals surface area contributed by atoms with Gasteiger partial charge in [0, 0.05) is 13.6 Å². The van der Waals surface area contributed by atoms with Crippen molar-refractivity contribution >= 4 is 10.0 Å². The van der Waals surface area contributed by atoms with Crippen molar-refractivity contribution in [3.63, 3.8) is 0 Å². The molecule has 1 atom stereocenters. The molecular formula is C7H15NO3S. The zero-order valence-corrected chi connectivity index (χ0v) is 8.21. The van der Waals surface area contributed by atoms with Gasteiger partial charge in [0.05, 0.1) is 11.4 Å². The predicted octanol–water partition coefficient (Wildman–Crippen LogP) is -0.209. The van der Waals surface area contributed by atoms with Gasteiger partial charge in [-0.25, -0.2) is 12.7 Å². The molecule has 1 aliphatic carbocycles. The molecule has 1 fully saturated rings. The van der Waals surface area contributed by atoms with Gasteiger partial charge in [0.25, 0.3) is 0 Å². The molecule has 0 spiro atoms. The Morgan fingerprint density at radius 1 is 1.58 bits per heavy atom. The van der Waals surface area contributed by atoms with Gasteiger partial charge in [-0.3, -0.25) is 0 Å². The maximum atomic E-state index is 11.4. The molecule has 5 heteroatoms. The van der Waals surface area contributed by atoms with Crippen molar-refractivity contribution < 1.29 is 13.5 Å². The van der Waals surface area contributed by atoms with Gasteiger partial charge in [0.15, 0.2) is 0 Å². The first-order valence-corrected chi connectivity index (χ1v) is 5.58. The number of likely N-dealkylation sites (N-methyl/N-ethyl adjacent to an activating group) is 1. The molecule has 72 valence electrons. The Morgan fingerprint density at radius 2 is 2.08 bits per heavy atom. The van der Waals surface area contributed by atoms with Crippen molar-refractivity contribution in [2.45, 2.75) is 31.1 Å². The molecule has 0 heterocycles. The molecule has 1 aliphatic rings. The first-order valence-electron chi connectivity index (χ1n) is 4.08. The molecule has 1 saturated carbocycles. The van der Waals surface area contributed by atoms with E-state index in [1.807, 2.05) is 0 Å². The van der Waals surface area contributed by atoms with Crippen LogP contribution >= 0.6 is 0 Å². The van der Waals surface area contributed by atoms with Gasteiger partial charge in [-0.2, -0.15) is 0 Å². The van der Waals surface area contributed by atoms with E-state index in [1.165, 1.54) is 11.4 Å². The van der Waals surface area contributed by atoms with Crippen molar-refractivity contribution in [2.75, 3.05) is 13.6 Å². The largest absolute Gasteiger partial charge is 0.392 e. The lowest BCUT2D eigenvalue weighted by atomic mass is 10.4. The lowest BCUT2D eigenvalue weighted by Crippen LogP contribution is -2.35. The Morgan fingerprint density at radius 3 is 2.42 bits per heavy atom. The second-order valence-electron chi connectivity index (χ2n) is 3.37. The lowest BCUT2D eigenvalue weighted by Gasteiger charge is -2.17. The van der Waals surface area contributed by atoms with Crippen LogP contribution in [0, 0.1) is 0 Å². The average Bonchev–Trinajstić information content (AvgIpc) is 2.65. The van der Waals surface area contributed by atoms with Crippen LogP contribution in [-0.4, -0.2) is 42.8 Å². The summed E-state index contributed by atoms with van der Waals surface area (Å²) >= 11 is 0. The molecule has 1 N–H and O–H groups in total. The van der Waals surface area contributed by atoms with E-state index in [1.54, 1.807) is 6.92 Å². The molecule has 0 aromatic carbocycles. The van der Waals surface area contributed by atoms with Gasteiger partial charge >= 0.3 is 0 Å². The fourth-order valence-electron chi connectivity index (χ4n) is 1.10. The second-order valence-corrected chi connectivity index (χ2v) is 5.69. The van der Waals surface area contributed by atoms with Gasteiger partial charge in [-0.1, -0.05) is 0 Å². The highest BCUT2D eigenvalue weighted by Crippen LogP contribution is 2.30. The Kier molecular flexibility index (Phi) is 2.75. The Labute approximate surface area is 73.2 Å². The average molecular weight is 193 g/mol. The summed E-state index contributed by atoms with van der Waals surface area (Å²) in [6, 6.07) is 0. The molecule has 1 unspecified atom stereocenters. The van der Waals surface area contributed by atoms with Gasteiger partial charge in [0.1, 0.15) is 0 Å². The van der Waals surface area contributed by atoms with E-state index in [2.05, 4.69) is 0 Å². The van der Waals surface area contributed by atoms with Crippen molar-refractivity contribution in [3.8, 4) is 0 Å². The molecule has 12 heavy (non-hydrogen) atoms. The van der Waals surface area contributed by atoms with Crippen LogP contribution in [0.2, 0.25) is 0 Å². The Hall–Kier alpha value is -0.130. The topological polar surface area (TPSA) is 57.6 Å². The van der Waals surface area contributed by atoms with E-state index in [4.69, 9.17) is 5.11 Å². The molecule has 0 aromatic heterocycles. The summed E-state index contributed by atoms with van der Waals surface area (Å²) in [6.07, 6.45) is 0.947. The summed E-state index contributed by atoms with van der Waals surface area (Å²) in [5.41, 5.74) is 0. The van der Waals surface area contributed by atoms with Crippen LogP contribution in [0.3, 0.4) is 0 Å². The molecule has 1 rings (SSSR count). The maximum Gasteiger partial charge on any atom is 0.216 e. The lowest BCUT2D eigenvalue weighted by molar-refractivity contribution is 0.171. The number of rotatable bonds is 4. The van der Waals surface area contributed by atoms with Crippen molar-refractivity contribution in [3.05, 3.63) is 0 Å². The zero-order chi connectivity index (χ0) is 9.35. The minimum atomic E-state index is -3.09. The molecular weight excluding hydrogens is 178 g/mol. The SMILES string of the molecule is CC(O)CN(C)S(=O)(=O)C1CC1. The number of nitrogens with zero attached hydrogens (tertiary/aromatic N) is 1. The first kappa shape index (κ1) is 9.95. The van der Waals surface area contributed by atoms with E-state index < -0.39 is 16.1 Å². The van der Waals surface area contributed by atoms with Gasteiger partial charge in [-0.15, -0.1) is 0 Å². The van der Waals surface area contributed by atoms with E-state index in [-0.39, 0.29) is 11.8 Å². The number of sulfonamides is 1. The third kappa shape index (κ3) is 2.18. The number of hydrogen-bond acceptors (Lipinski definition) is 3. The summed E-state index contributed by atoms with van der Waals surface area (Å²) < 4.78 is 24.1. The fraction of sp³-hybridized carbons (Fsp3) is 1.00. The van der Waals surface area contributed by atoms with Crippen molar-refractivity contribution in [2.24, 2.45) is 0 Å². The molecule has 0 bridgehead atoms. The van der Waals surface area contributed by atoms with Crippen LogP contribution in [-0.2, 0) is 10.0 Å². The normalized spacial score (nSPS) is 21.3. The van der Waals surface area contributed by atoms with E-state index >= 15 is 0 Å². The van der Waals surface area contributed by atoms with E-state index in [0.29, 0.717) is 0 Å². The molecule has 0 aliphatic heterocycles. The third-order valence-electron chi connectivity index (χ3n) is 1.90. The molecule has 0 aromatic rings. The zero-order valence-electron chi connectivity index (χ0n) is 7.40. The number of aliphatic hydroxyl groups excluding tert-OH is 1. The summed E-state index contributed by atoms with van der Waals surface area (Å²) in [5.74, 6) is 0. The number of aliphatic hydroxyl groups is 1. The summed E-state index contributed by atoms with van der Waals surface area (Å²) in [5, 5.41) is 8.80. The highest BCUT2D eigenvalue weighted by atomic mass is 32.2. The molecule has 0 saturated heterocycles. The van der Waals surface area contributed by atoms with Crippen molar-refractivity contribution in [1.29, 1.82) is 0 Å². The molecule has 0 amide bonds. The highest BCUT2D eigenvalue weighted by molar-refractivity contribution is 7.90. The fourth-order valence-corrected chi connectivity index (χ4v) is 2.76. The van der Waals surface area contributed by atoms with E-state index in [0.717, 1.165) is 12.8 Å². The summed E-state index contributed by atoms with van der Waals surface area (Å²) in [7, 11) is -1.57. The van der Waals surface area contributed by atoms with Gasteiger partial charge in [-0.05, 0) is 19.8 Å². The van der Waals surface area contributed by atoms with Crippen LogP contribution in [0.25, 0.3) is 0 Å². The highest BCUT2D eigenvalue weighted by Gasteiger charge is 2.38. The van der Waals surface area contributed by atoms with Gasteiger partial charge in [0.2, 0.25) is 10.0 Å². The predicted molar refractivity (Wildman–Crippen MR) is 46.3 cm³/mol. The Bertz CT molecular complexity index is 243. The Balaban J connectivity index is 2.55. The maximum absolute atomic E-state index is 11.4. The number of hydrogen-bond donors (Lipinski definition) is 1. The monoisotopic (exact) mass is 193 g/mol. The quantitative estimate of drug-likeness (QED) is 0.672. The van der Waals surface area contributed by atoms with Crippen molar-refractivity contribution in [1.82, 2.24) is 4.31 Å². The van der Waals surface area contributed by atoms with Crippen LogP contribution in [0.4, 0.5) is 0 Å². The minimum Gasteiger partial charge on any atom is -0.392 e. The third-order valence-corrected chi connectivity index (χ3v) is 4.23. The van der Waals surface area contributed by atoms with Crippen LogP contribution < -0.4 is 0 Å². The first-order chi connectivity index (χ1) is 5.44. The molecule has 0 radical (unpaired) electrons. The van der Waals surface area contributed by atoms with Crippen LogP contribution in [0.15, 0.2) is 0 Å². The van der Waals surface area contributed by atoms with E-state index in [9.17, 15) is 8.42 Å². The van der Waals surface area contributed by atoms with Crippen LogP contribution in [0.1, 0.15) is 19.8 Å². The van der Waals surface area contributed by atoms with Gasteiger partial charge < -0.3 is 5.11 Å². The standard InChI is InChI=1S/C7H15NO3S/c1-6(9)5-8(2)12(10,11)7-3-4-7/h6-7,9H,3-5H2,1-2H3. The smallest absolute Gasteiger partial charge is 0.216 e. The summed E-state index contributed by atoms with van der Waals surface area (Å²) in [4.78, 5) is 0.